The van der Waals surface area contributed by atoms with Crippen molar-refractivity contribution in [1.82, 2.24) is 10.3 Å². The highest BCUT2D eigenvalue weighted by molar-refractivity contribution is 7.09. The molecule has 1 amide bonds. The van der Waals surface area contributed by atoms with Crippen molar-refractivity contribution in [3.05, 3.63) is 51.5 Å². The van der Waals surface area contributed by atoms with Crippen LogP contribution < -0.4 is 5.32 Å². The Labute approximate surface area is 115 Å². The zero-order valence-electron chi connectivity index (χ0n) is 9.89. The van der Waals surface area contributed by atoms with E-state index in [9.17, 15) is 18.4 Å². The molecule has 104 valence electrons. The standard InChI is InChI=1S/C12H8F2N2O3S/c13-6-1-2-7(8(14)3-6)11(17)15-4-10-16-9(5-20-10)12(18)19/h1-3,5H,4H2,(H,15,17)(H,18,19). The van der Waals surface area contributed by atoms with Crippen LogP contribution in [0.5, 0.6) is 0 Å². The highest BCUT2D eigenvalue weighted by Crippen LogP contribution is 2.12. The summed E-state index contributed by atoms with van der Waals surface area (Å²) in [6.07, 6.45) is 0. The van der Waals surface area contributed by atoms with Crippen LogP contribution in [0.4, 0.5) is 8.78 Å². The lowest BCUT2D eigenvalue weighted by Crippen LogP contribution is -2.23. The monoisotopic (exact) mass is 298 g/mol. The first-order valence-corrected chi connectivity index (χ1v) is 6.26. The Morgan fingerprint density at radius 1 is 1.35 bits per heavy atom. The van der Waals surface area contributed by atoms with E-state index in [2.05, 4.69) is 10.3 Å². The SMILES string of the molecule is O=C(O)c1csc(CNC(=O)c2ccc(F)cc2F)n1. The molecule has 0 aliphatic carbocycles. The molecular weight excluding hydrogens is 290 g/mol. The van der Waals surface area contributed by atoms with E-state index in [0.29, 0.717) is 11.1 Å². The molecule has 0 saturated carbocycles. The minimum atomic E-state index is -1.16. The van der Waals surface area contributed by atoms with Gasteiger partial charge in [0.2, 0.25) is 0 Å². The van der Waals surface area contributed by atoms with E-state index in [0.717, 1.165) is 23.5 Å². The lowest BCUT2D eigenvalue weighted by atomic mass is 10.2. The van der Waals surface area contributed by atoms with Crippen molar-refractivity contribution < 1.29 is 23.5 Å². The summed E-state index contributed by atoms with van der Waals surface area (Å²) >= 11 is 1.06. The van der Waals surface area contributed by atoms with Crippen LogP contribution in [0.2, 0.25) is 0 Å². The smallest absolute Gasteiger partial charge is 0.355 e. The van der Waals surface area contributed by atoms with Crippen LogP contribution in [0.1, 0.15) is 25.9 Å². The normalized spacial score (nSPS) is 10.3. The molecule has 0 saturated heterocycles. The number of carboxylic acid groups (broad SMARTS) is 1. The molecule has 2 rings (SSSR count). The van der Waals surface area contributed by atoms with E-state index < -0.39 is 23.5 Å². The van der Waals surface area contributed by atoms with Crippen LogP contribution in [-0.4, -0.2) is 22.0 Å². The van der Waals surface area contributed by atoms with Crippen molar-refractivity contribution in [2.24, 2.45) is 0 Å². The zero-order chi connectivity index (χ0) is 14.7. The number of aromatic carboxylic acids is 1. The third kappa shape index (κ3) is 3.15. The molecule has 1 aromatic heterocycles. The molecule has 5 nitrogen and oxygen atoms in total. The molecule has 0 spiro atoms. The molecule has 0 bridgehead atoms. The van der Waals surface area contributed by atoms with Gasteiger partial charge in [-0.3, -0.25) is 4.79 Å². The molecular formula is C12H8F2N2O3S. The molecule has 0 aliphatic rings. The van der Waals surface area contributed by atoms with Crippen LogP contribution in [0, 0.1) is 11.6 Å². The number of benzene rings is 1. The predicted octanol–water partition coefficient (Wildman–Crippen LogP) is 2.05. The number of halogens is 2. The summed E-state index contributed by atoms with van der Waals surface area (Å²) in [7, 11) is 0. The van der Waals surface area contributed by atoms with Crippen molar-refractivity contribution in [3.8, 4) is 0 Å². The van der Waals surface area contributed by atoms with Gasteiger partial charge in [-0.1, -0.05) is 0 Å². The molecule has 0 unspecified atom stereocenters. The Hall–Kier alpha value is -2.35. The molecule has 2 aromatic rings. The minimum absolute atomic E-state index is 0.0341. The highest BCUT2D eigenvalue weighted by Gasteiger charge is 2.14. The lowest BCUT2D eigenvalue weighted by Gasteiger charge is -2.04. The zero-order valence-corrected chi connectivity index (χ0v) is 10.7. The number of rotatable bonds is 4. The quantitative estimate of drug-likeness (QED) is 0.905. The topological polar surface area (TPSA) is 79.3 Å². The Kier molecular flexibility index (Phi) is 4.04. The van der Waals surface area contributed by atoms with E-state index in [-0.39, 0.29) is 17.8 Å². The van der Waals surface area contributed by atoms with E-state index in [1.807, 2.05) is 0 Å². The first-order valence-electron chi connectivity index (χ1n) is 5.38. The number of thiazole rings is 1. The fourth-order valence-electron chi connectivity index (χ4n) is 1.42. The van der Waals surface area contributed by atoms with E-state index in [1.54, 1.807) is 0 Å². The van der Waals surface area contributed by atoms with Gasteiger partial charge in [-0.25, -0.2) is 18.6 Å². The first kappa shape index (κ1) is 14.1. The maximum atomic E-state index is 13.3. The van der Waals surface area contributed by atoms with Gasteiger partial charge in [-0.15, -0.1) is 11.3 Å². The Morgan fingerprint density at radius 2 is 2.10 bits per heavy atom. The number of nitrogens with zero attached hydrogens (tertiary/aromatic N) is 1. The van der Waals surface area contributed by atoms with E-state index in [1.165, 1.54) is 5.38 Å². The maximum absolute atomic E-state index is 13.3. The second-order valence-corrected chi connectivity index (χ2v) is 4.68. The molecule has 0 atom stereocenters. The van der Waals surface area contributed by atoms with Crippen LogP contribution in [0.3, 0.4) is 0 Å². The summed E-state index contributed by atoms with van der Waals surface area (Å²) in [5, 5.41) is 12.8. The third-order valence-corrected chi connectivity index (χ3v) is 3.20. The second-order valence-electron chi connectivity index (χ2n) is 3.74. The predicted molar refractivity (Wildman–Crippen MR) is 66.6 cm³/mol. The molecule has 1 aromatic carbocycles. The summed E-state index contributed by atoms with van der Waals surface area (Å²) in [6, 6.07) is 2.62. The number of hydrogen-bond donors (Lipinski definition) is 2. The summed E-state index contributed by atoms with van der Waals surface area (Å²) in [5.74, 6) is -3.63. The average Bonchev–Trinajstić information content (AvgIpc) is 2.85. The van der Waals surface area contributed by atoms with Crippen molar-refractivity contribution in [3.63, 3.8) is 0 Å². The largest absolute Gasteiger partial charge is 0.476 e. The third-order valence-electron chi connectivity index (χ3n) is 2.35. The number of aromatic nitrogens is 1. The van der Waals surface area contributed by atoms with Gasteiger partial charge < -0.3 is 10.4 Å². The van der Waals surface area contributed by atoms with Gasteiger partial charge in [0.05, 0.1) is 12.1 Å². The summed E-state index contributed by atoms with van der Waals surface area (Å²) in [4.78, 5) is 26.1. The van der Waals surface area contributed by atoms with Gasteiger partial charge in [0, 0.05) is 11.4 Å². The first-order chi connectivity index (χ1) is 9.47. The summed E-state index contributed by atoms with van der Waals surface area (Å²) in [6.45, 7) is -0.0341. The van der Waals surface area contributed by atoms with Crippen LogP contribution in [-0.2, 0) is 6.54 Å². The van der Waals surface area contributed by atoms with Gasteiger partial charge in [-0.05, 0) is 12.1 Å². The molecule has 0 radical (unpaired) electrons. The fourth-order valence-corrected chi connectivity index (χ4v) is 2.12. The highest BCUT2D eigenvalue weighted by atomic mass is 32.1. The minimum Gasteiger partial charge on any atom is -0.476 e. The molecule has 0 fully saturated rings. The fraction of sp³-hybridized carbons (Fsp3) is 0.0833. The Balaban J connectivity index is 2.02. The molecule has 1 heterocycles. The summed E-state index contributed by atoms with van der Waals surface area (Å²) < 4.78 is 26.0. The molecule has 2 N–H and O–H groups in total. The maximum Gasteiger partial charge on any atom is 0.355 e. The van der Waals surface area contributed by atoms with Gasteiger partial charge in [0.1, 0.15) is 16.6 Å². The van der Waals surface area contributed by atoms with Crippen LogP contribution in [0.15, 0.2) is 23.6 Å². The number of carbonyl (C=O) groups is 2. The van der Waals surface area contributed by atoms with Crippen molar-refractivity contribution in [1.29, 1.82) is 0 Å². The average molecular weight is 298 g/mol. The molecule has 20 heavy (non-hydrogen) atoms. The number of carboxylic acids is 1. The molecule has 8 heteroatoms. The van der Waals surface area contributed by atoms with E-state index in [4.69, 9.17) is 5.11 Å². The lowest BCUT2D eigenvalue weighted by molar-refractivity contribution is 0.0691. The Bertz CT molecular complexity index is 672. The summed E-state index contributed by atoms with van der Waals surface area (Å²) in [5.41, 5.74) is -0.409. The van der Waals surface area contributed by atoms with Crippen LogP contribution >= 0.6 is 11.3 Å². The van der Waals surface area contributed by atoms with Crippen molar-refractivity contribution in [2.75, 3.05) is 0 Å². The van der Waals surface area contributed by atoms with Gasteiger partial charge in [0.15, 0.2) is 5.69 Å². The van der Waals surface area contributed by atoms with Crippen molar-refractivity contribution >= 4 is 23.2 Å². The second kappa shape index (κ2) is 5.74. The number of hydrogen-bond acceptors (Lipinski definition) is 4. The van der Waals surface area contributed by atoms with Crippen molar-refractivity contribution in [2.45, 2.75) is 6.54 Å². The number of nitrogens with one attached hydrogen (secondary N) is 1. The van der Waals surface area contributed by atoms with Crippen LogP contribution in [0.25, 0.3) is 0 Å². The van der Waals surface area contributed by atoms with Gasteiger partial charge >= 0.3 is 5.97 Å². The van der Waals surface area contributed by atoms with Gasteiger partial charge in [-0.2, -0.15) is 0 Å². The van der Waals surface area contributed by atoms with Gasteiger partial charge in [0.25, 0.3) is 5.91 Å². The Morgan fingerprint density at radius 3 is 2.70 bits per heavy atom. The molecule has 0 aliphatic heterocycles. The number of amides is 1. The van der Waals surface area contributed by atoms with E-state index >= 15 is 0 Å². The number of carbonyl (C=O) groups excluding carboxylic acids is 1.